The monoisotopic (exact) mass is 383 g/mol. The van der Waals surface area contributed by atoms with Crippen molar-refractivity contribution in [2.24, 2.45) is 0 Å². The van der Waals surface area contributed by atoms with Gasteiger partial charge in [-0.05, 0) is 37.5 Å². The third-order valence-electron chi connectivity index (χ3n) is 5.26. The number of hydrogen-bond donors (Lipinski definition) is 3. The first-order valence-corrected chi connectivity index (χ1v) is 9.62. The Labute approximate surface area is 163 Å². The van der Waals surface area contributed by atoms with Gasteiger partial charge in [-0.3, -0.25) is 0 Å². The summed E-state index contributed by atoms with van der Waals surface area (Å²) >= 11 is 6.05. The summed E-state index contributed by atoms with van der Waals surface area (Å²) in [4.78, 5) is 0. The zero-order chi connectivity index (χ0) is 19.0. The van der Waals surface area contributed by atoms with Gasteiger partial charge in [-0.2, -0.15) is 0 Å². The SMILES string of the molecule is Cc1cc(Cl)cc(O)c1-c1nnc(NC2CCCCC2O)c2ccccc12. The number of nitrogens with zero attached hydrogens (tertiary/aromatic N) is 2. The van der Waals surface area contributed by atoms with Gasteiger partial charge in [-0.25, -0.2) is 0 Å². The predicted molar refractivity (Wildman–Crippen MR) is 108 cm³/mol. The van der Waals surface area contributed by atoms with Gasteiger partial charge < -0.3 is 15.5 Å². The number of hydrogen-bond acceptors (Lipinski definition) is 5. The molecule has 0 aliphatic heterocycles. The largest absolute Gasteiger partial charge is 0.507 e. The van der Waals surface area contributed by atoms with E-state index in [0.717, 1.165) is 42.0 Å². The van der Waals surface area contributed by atoms with Crippen molar-refractivity contribution in [3.8, 4) is 17.0 Å². The molecule has 1 aliphatic carbocycles. The number of aromatic hydroxyl groups is 1. The van der Waals surface area contributed by atoms with E-state index >= 15 is 0 Å². The summed E-state index contributed by atoms with van der Waals surface area (Å²) in [5.74, 6) is 0.745. The van der Waals surface area contributed by atoms with Crippen LogP contribution < -0.4 is 5.32 Å². The maximum atomic E-state index is 10.4. The highest BCUT2D eigenvalue weighted by Crippen LogP contribution is 2.38. The Balaban J connectivity index is 1.82. The highest BCUT2D eigenvalue weighted by atomic mass is 35.5. The van der Waals surface area contributed by atoms with Crippen LogP contribution >= 0.6 is 11.6 Å². The molecule has 0 radical (unpaired) electrons. The molecule has 1 fully saturated rings. The normalized spacial score (nSPS) is 20.0. The van der Waals surface area contributed by atoms with E-state index in [-0.39, 0.29) is 17.9 Å². The third-order valence-corrected chi connectivity index (χ3v) is 5.47. The van der Waals surface area contributed by atoms with Gasteiger partial charge in [0.05, 0.1) is 12.1 Å². The molecule has 5 nitrogen and oxygen atoms in total. The van der Waals surface area contributed by atoms with Crippen LogP contribution in [0.15, 0.2) is 36.4 Å². The number of benzene rings is 2. The molecule has 3 aromatic rings. The smallest absolute Gasteiger partial charge is 0.156 e. The van der Waals surface area contributed by atoms with E-state index < -0.39 is 0 Å². The number of aromatic nitrogens is 2. The highest BCUT2D eigenvalue weighted by molar-refractivity contribution is 6.31. The summed E-state index contributed by atoms with van der Waals surface area (Å²) in [6.45, 7) is 1.89. The van der Waals surface area contributed by atoms with Gasteiger partial charge in [-0.15, -0.1) is 10.2 Å². The molecular weight excluding hydrogens is 362 g/mol. The van der Waals surface area contributed by atoms with Crippen molar-refractivity contribution in [3.05, 3.63) is 47.0 Å². The molecule has 27 heavy (non-hydrogen) atoms. The molecule has 0 spiro atoms. The second kappa shape index (κ2) is 7.33. The molecule has 2 atom stereocenters. The van der Waals surface area contributed by atoms with E-state index in [4.69, 9.17) is 11.6 Å². The van der Waals surface area contributed by atoms with Crippen LogP contribution in [0, 0.1) is 6.92 Å². The van der Waals surface area contributed by atoms with E-state index in [1.165, 1.54) is 6.07 Å². The van der Waals surface area contributed by atoms with E-state index in [1.807, 2.05) is 31.2 Å². The Morgan fingerprint density at radius 3 is 2.56 bits per heavy atom. The number of rotatable bonds is 3. The second-order valence-electron chi connectivity index (χ2n) is 7.16. The number of anilines is 1. The molecule has 0 bridgehead atoms. The summed E-state index contributed by atoms with van der Waals surface area (Å²) in [7, 11) is 0. The first-order chi connectivity index (χ1) is 13.0. The van der Waals surface area contributed by atoms with Crippen LogP contribution in [0.3, 0.4) is 0 Å². The lowest BCUT2D eigenvalue weighted by Crippen LogP contribution is -2.36. The van der Waals surface area contributed by atoms with Crippen molar-refractivity contribution in [3.63, 3.8) is 0 Å². The van der Waals surface area contributed by atoms with Gasteiger partial charge in [0, 0.05) is 21.4 Å². The van der Waals surface area contributed by atoms with E-state index in [2.05, 4.69) is 15.5 Å². The second-order valence-corrected chi connectivity index (χ2v) is 7.60. The standard InChI is InChI=1S/C21H22ClN3O2/c1-12-10-13(22)11-18(27)19(12)20-14-6-2-3-7-15(14)21(25-24-20)23-16-8-4-5-9-17(16)26/h2-3,6-7,10-11,16-17,26-27H,4-5,8-9H2,1H3,(H,23,25). The number of phenols is 1. The van der Waals surface area contributed by atoms with Crippen LogP contribution in [0.4, 0.5) is 5.82 Å². The van der Waals surface area contributed by atoms with Crippen LogP contribution in [0.5, 0.6) is 5.75 Å². The Morgan fingerprint density at radius 2 is 1.81 bits per heavy atom. The van der Waals surface area contributed by atoms with E-state index in [9.17, 15) is 10.2 Å². The maximum absolute atomic E-state index is 10.4. The molecule has 140 valence electrons. The summed E-state index contributed by atoms with van der Waals surface area (Å²) in [5, 5.41) is 35.2. The summed E-state index contributed by atoms with van der Waals surface area (Å²) in [6.07, 6.45) is 3.49. The van der Waals surface area contributed by atoms with Gasteiger partial charge in [0.25, 0.3) is 0 Å². The van der Waals surface area contributed by atoms with Gasteiger partial charge in [0.2, 0.25) is 0 Å². The first-order valence-electron chi connectivity index (χ1n) is 9.24. The van der Waals surface area contributed by atoms with Crippen LogP contribution in [0.1, 0.15) is 31.2 Å². The quantitative estimate of drug-likeness (QED) is 0.612. The van der Waals surface area contributed by atoms with Gasteiger partial charge >= 0.3 is 0 Å². The molecule has 2 aromatic carbocycles. The lowest BCUT2D eigenvalue weighted by molar-refractivity contribution is 0.116. The molecule has 0 saturated heterocycles. The fourth-order valence-corrected chi connectivity index (χ4v) is 4.15. The summed E-state index contributed by atoms with van der Waals surface area (Å²) < 4.78 is 0. The number of phenolic OH excluding ortho intramolecular Hbond substituents is 1. The molecule has 1 aromatic heterocycles. The molecule has 1 saturated carbocycles. The summed E-state index contributed by atoms with van der Waals surface area (Å²) in [5.41, 5.74) is 2.09. The lowest BCUT2D eigenvalue weighted by atomic mass is 9.92. The molecule has 2 unspecified atom stereocenters. The molecule has 0 amide bonds. The minimum absolute atomic E-state index is 0.0204. The van der Waals surface area contributed by atoms with Crippen molar-refractivity contribution >= 4 is 28.2 Å². The van der Waals surface area contributed by atoms with Gasteiger partial charge in [0.1, 0.15) is 11.4 Å². The maximum Gasteiger partial charge on any atom is 0.156 e. The fourth-order valence-electron chi connectivity index (χ4n) is 3.88. The molecule has 1 aliphatic rings. The number of fused-ring (bicyclic) bond motifs is 1. The zero-order valence-electron chi connectivity index (χ0n) is 15.1. The number of nitrogens with one attached hydrogen (secondary N) is 1. The Morgan fingerprint density at radius 1 is 1.07 bits per heavy atom. The predicted octanol–water partition coefficient (Wildman–Crippen LogP) is 4.68. The van der Waals surface area contributed by atoms with Crippen LogP contribution in [-0.4, -0.2) is 32.6 Å². The average molecular weight is 384 g/mol. The van der Waals surface area contributed by atoms with Crippen LogP contribution in [-0.2, 0) is 0 Å². The lowest BCUT2D eigenvalue weighted by Gasteiger charge is -2.29. The first kappa shape index (κ1) is 18.0. The van der Waals surface area contributed by atoms with Crippen molar-refractivity contribution in [1.29, 1.82) is 0 Å². The van der Waals surface area contributed by atoms with E-state index in [1.54, 1.807) is 6.07 Å². The number of aryl methyl sites for hydroxylation is 1. The number of aliphatic hydroxyl groups excluding tert-OH is 1. The Kier molecular flexibility index (Phi) is 4.89. The third kappa shape index (κ3) is 3.45. The Bertz CT molecular complexity index is 969. The molecule has 4 rings (SSSR count). The highest BCUT2D eigenvalue weighted by Gasteiger charge is 2.24. The number of aliphatic hydroxyl groups is 1. The molecule has 3 N–H and O–H groups in total. The Hall–Kier alpha value is -2.37. The van der Waals surface area contributed by atoms with E-state index in [0.29, 0.717) is 22.1 Å². The van der Waals surface area contributed by atoms with Crippen molar-refractivity contribution in [2.75, 3.05) is 5.32 Å². The topological polar surface area (TPSA) is 78.3 Å². The minimum Gasteiger partial charge on any atom is -0.507 e. The van der Waals surface area contributed by atoms with Crippen molar-refractivity contribution in [2.45, 2.75) is 44.8 Å². The van der Waals surface area contributed by atoms with Gasteiger partial charge in [-0.1, -0.05) is 48.7 Å². The van der Waals surface area contributed by atoms with Crippen LogP contribution in [0.2, 0.25) is 5.02 Å². The molecule has 1 heterocycles. The minimum atomic E-state index is -0.374. The van der Waals surface area contributed by atoms with Crippen molar-refractivity contribution in [1.82, 2.24) is 10.2 Å². The molecule has 6 heteroatoms. The average Bonchev–Trinajstić information content (AvgIpc) is 2.64. The van der Waals surface area contributed by atoms with Crippen LogP contribution in [0.25, 0.3) is 22.0 Å². The van der Waals surface area contributed by atoms with Crippen molar-refractivity contribution < 1.29 is 10.2 Å². The molecular formula is C21H22ClN3O2. The number of halogens is 1. The van der Waals surface area contributed by atoms with Gasteiger partial charge in [0.15, 0.2) is 5.82 Å². The summed E-state index contributed by atoms with van der Waals surface area (Å²) in [6, 6.07) is 11.1. The zero-order valence-corrected chi connectivity index (χ0v) is 15.9. The fraction of sp³-hybridized carbons (Fsp3) is 0.333.